The number of aliphatic hydroxyl groups excluding tert-OH is 1. The van der Waals surface area contributed by atoms with Gasteiger partial charge >= 0.3 is 5.97 Å². The normalized spacial score (nSPS) is 16.1. The van der Waals surface area contributed by atoms with E-state index in [4.69, 9.17) is 37.4 Å². The van der Waals surface area contributed by atoms with E-state index in [1.807, 2.05) is 32.0 Å². The number of methoxy groups -OCH3 is 2. The van der Waals surface area contributed by atoms with Crippen LogP contribution in [0.2, 0.25) is 10.0 Å². The summed E-state index contributed by atoms with van der Waals surface area (Å²) in [4.78, 5) is 40.6. The molecule has 1 N–H and O–H groups in total. The van der Waals surface area contributed by atoms with Crippen LogP contribution >= 0.6 is 23.2 Å². The van der Waals surface area contributed by atoms with Crippen molar-refractivity contribution in [1.29, 1.82) is 0 Å². The third-order valence-corrected chi connectivity index (χ3v) is 7.30. The van der Waals surface area contributed by atoms with Crippen LogP contribution in [-0.4, -0.2) is 48.5 Å². The van der Waals surface area contributed by atoms with Gasteiger partial charge in [-0.1, -0.05) is 72.1 Å². The SMILES string of the molecule is CCCOC(=O)c1ccc(CN2C(=O)C(=O)/C(=C(/O)c3cc(Cl)c(OC)c(Cl)c3OC)C2c2cccc(C)c2)cc1. The summed E-state index contributed by atoms with van der Waals surface area (Å²) < 4.78 is 15.9. The van der Waals surface area contributed by atoms with Crippen LogP contribution in [0, 0.1) is 6.92 Å². The zero-order valence-corrected chi connectivity index (χ0v) is 24.5. The van der Waals surface area contributed by atoms with E-state index in [0.29, 0.717) is 29.7 Å². The number of halogens is 2. The molecule has 0 bridgehead atoms. The average Bonchev–Trinajstić information content (AvgIpc) is 3.20. The molecule has 1 amide bonds. The summed E-state index contributed by atoms with van der Waals surface area (Å²) in [6.45, 7) is 4.14. The number of ketones is 1. The summed E-state index contributed by atoms with van der Waals surface area (Å²) >= 11 is 12.8. The number of nitrogens with zero attached hydrogens (tertiary/aromatic N) is 1. The van der Waals surface area contributed by atoms with Gasteiger partial charge < -0.3 is 24.2 Å². The van der Waals surface area contributed by atoms with E-state index in [-0.39, 0.29) is 39.2 Å². The molecule has 1 unspecified atom stereocenters. The van der Waals surface area contributed by atoms with Crippen molar-refractivity contribution in [3.05, 3.63) is 98.0 Å². The molecule has 8 nitrogen and oxygen atoms in total. The number of amides is 1. The number of carbonyl (C=O) groups excluding carboxylic acids is 3. The molecule has 41 heavy (non-hydrogen) atoms. The van der Waals surface area contributed by atoms with Crippen LogP contribution in [0.4, 0.5) is 0 Å². The predicted octanol–water partition coefficient (Wildman–Crippen LogP) is 6.51. The molecule has 1 atom stereocenters. The molecule has 214 valence electrons. The molecule has 3 aromatic carbocycles. The second-order valence-electron chi connectivity index (χ2n) is 9.46. The molecule has 1 heterocycles. The van der Waals surface area contributed by atoms with Crippen molar-refractivity contribution in [2.24, 2.45) is 0 Å². The van der Waals surface area contributed by atoms with Gasteiger partial charge in [-0.05, 0) is 42.7 Å². The minimum absolute atomic E-state index is 0.00272. The Morgan fingerprint density at radius 2 is 1.68 bits per heavy atom. The molecule has 0 saturated carbocycles. The van der Waals surface area contributed by atoms with Crippen molar-refractivity contribution in [3.63, 3.8) is 0 Å². The Labute approximate surface area is 248 Å². The third-order valence-electron chi connectivity index (χ3n) is 6.67. The highest BCUT2D eigenvalue weighted by Gasteiger charge is 2.46. The first kappa shape index (κ1) is 30.0. The van der Waals surface area contributed by atoms with E-state index in [0.717, 1.165) is 5.56 Å². The quantitative estimate of drug-likeness (QED) is 0.130. The molecular formula is C31H29Cl2NO7. The van der Waals surface area contributed by atoms with E-state index < -0.39 is 29.5 Å². The summed E-state index contributed by atoms with van der Waals surface area (Å²) in [6, 6.07) is 14.4. The molecular weight excluding hydrogens is 569 g/mol. The predicted molar refractivity (Wildman–Crippen MR) is 156 cm³/mol. The lowest BCUT2D eigenvalue weighted by Crippen LogP contribution is -2.29. The van der Waals surface area contributed by atoms with Crippen molar-refractivity contribution in [3.8, 4) is 11.5 Å². The Morgan fingerprint density at radius 1 is 1.00 bits per heavy atom. The second-order valence-corrected chi connectivity index (χ2v) is 10.2. The van der Waals surface area contributed by atoms with Gasteiger partial charge in [0.1, 0.15) is 10.8 Å². The molecule has 0 aromatic heterocycles. The van der Waals surface area contributed by atoms with Gasteiger partial charge in [0.05, 0.1) is 48.6 Å². The zero-order chi connectivity index (χ0) is 29.8. The lowest BCUT2D eigenvalue weighted by atomic mass is 9.94. The number of likely N-dealkylation sites (tertiary alicyclic amines) is 1. The Morgan fingerprint density at radius 3 is 2.29 bits per heavy atom. The standard InChI is InChI=1S/C31H29Cl2NO7/c1-5-13-41-31(38)19-11-9-18(10-12-19)16-34-25(20-8-6-7-17(2)14-20)23(27(36)30(34)37)26(35)21-15-22(32)29(40-4)24(33)28(21)39-3/h6-12,14-15,25,35H,5,13,16H2,1-4H3/b26-23+. The summed E-state index contributed by atoms with van der Waals surface area (Å²) in [7, 11) is 2.74. The van der Waals surface area contributed by atoms with Gasteiger partial charge in [-0.3, -0.25) is 9.59 Å². The Bertz CT molecular complexity index is 1530. The monoisotopic (exact) mass is 597 g/mol. The molecule has 0 spiro atoms. The zero-order valence-electron chi connectivity index (χ0n) is 23.0. The van der Waals surface area contributed by atoms with Crippen LogP contribution in [0.3, 0.4) is 0 Å². The molecule has 10 heteroatoms. The van der Waals surface area contributed by atoms with Crippen LogP contribution in [0.5, 0.6) is 11.5 Å². The summed E-state index contributed by atoms with van der Waals surface area (Å²) in [6.07, 6.45) is 0.707. The fourth-order valence-electron chi connectivity index (χ4n) is 4.74. The Hall–Kier alpha value is -4.01. The largest absolute Gasteiger partial charge is 0.507 e. The van der Waals surface area contributed by atoms with E-state index >= 15 is 0 Å². The summed E-state index contributed by atoms with van der Waals surface area (Å²) in [5, 5.41) is 11.7. The molecule has 1 fully saturated rings. The second kappa shape index (κ2) is 12.7. The first-order valence-electron chi connectivity index (χ1n) is 12.8. The minimum Gasteiger partial charge on any atom is -0.507 e. The smallest absolute Gasteiger partial charge is 0.338 e. The van der Waals surface area contributed by atoms with E-state index in [1.165, 1.54) is 25.2 Å². The van der Waals surface area contributed by atoms with E-state index in [1.54, 1.807) is 30.3 Å². The fourth-order valence-corrected chi connectivity index (χ4v) is 5.43. The molecule has 0 aliphatic carbocycles. The average molecular weight is 598 g/mol. The Kier molecular flexibility index (Phi) is 9.25. The van der Waals surface area contributed by atoms with Crippen molar-refractivity contribution in [2.75, 3.05) is 20.8 Å². The first-order chi connectivity index (χ1) is 19.6. The van der Waals surface area contributed by atoms with Crippen molar-refractivity contribution in [1.82, 2.24) is 4.90 Å². The van der Waals surface area contributed by atoms with Crippen LogP contribution in [-0.2, 0) is 20.9 Å². The maximum Gasteiger partial charge on any atom is 0.338 e. The van der Waals surface area contributed by atoms with Crippen LogP contribution in [0.1, 0.15) is 52.0 Å². The number of aryl methyl sites for hydroxylation is 1. The van der Waals surface area contributed by atoms with Gasteiger partial charge in [-0.15, -0.1) is 0 Å². The van der Waals surface area contributed by atoms with Gasteiger partial charge in [0.25, 0.3) is 11.7 Å². The molecule has 3 aromatic rings. The number of esters is 1. The number of carbonyl (C=O) groups is 3. The molecule has 0 radical (unpaired) electrons. The Balaban J connectivity index is 1.83. The lowest BCUT2D eigenvalue weighted by molar-refractivity contribution is -0.140. The topological polar surface area (TPSA) is 102 Å². The number of hydrogen-bond acceptors (Lipinski definition) is 7. The maximum absolute atomic E-state index is 13.5. The van der Waals surface area contributed by atoms with Crippen LogP contribution < -0.4 is 9.47 Å². The number of rotatable bonds is 9. The van der Waals surface area contributed by atoms with Gasteiger partial charge in [-0.25, -0.2) is 4.79 Å². The maximum atomic E-state index is 13.5. The van der Waals surface area contributed by atoms with Gasteiger partial charge in [0.15, 0.2) is 11.5 Å². The molecule has 1 aliphatic heterocycles. The fraction of sp³-hybridized carbons (Fsp3) is 0.258. The first-order valence-corrected chi connectivity index (χ1v) is 13.6. The highest BCUT2D eigenvalue weighted by atomic mass is 35.5. The van der Waals surface area contributed by atoms with Crippen molar-refractivity contribution < 1.29 is 33.7 Å². The van der Waals surface area contributed by atoms with E-state index in [2.05, 4.69) is 0 Å². The molecule has 4 rings (SSSR count). The highest BCUT2D eigenvalue weighted by molar-refractivity contribution is 6.47. The minimum atomic E-state index is -0.937. The van der Waals surface area contributed by atoms with Gasteiger partial charge in [0, 0.05) is 6.54 Å². The number of Topliss-reactive ketones (excluding diaryl/α,β-unsaturated/α-hetero) is 1. The summed E-state index contributed by atoms with van der Waals surface area (Å²) in [5.74, 6) is -2.43. The van der Waals surface area contributed by atoms with Gasteiger partial charge in [0.2, 0.25) is 0 Å². The molecule has 1 aliphatic rings. The summed E-state index contributed by atoms with van der Waals surface area (Å²) in [5.41, 5.74) is 2.46. The number of benzene rings is 3. The number of aliphatic hydroxyl groups is 1. The van der Waals surface area contributed by atoms with Crippen molar-refractivity contribution >= 4 is 46.6 Å². The van der Waals surface area contributed by atoms with Crippen molar-refractivity contribution in [2.45, 2.75) is 32.9 Å². The number of hydrogen-bond donors (Lipinski definition) is 1. The van der Waals surface area contributed by atoms with E-state index in [9.17, 15) is 19.5 Å². The van der Waals surface area contributed by atoms with Crippen LogP contribution in [0.15, 0.2) is 60.2 Å². The van der Waals surface area contributed by atoms with Gasteiger partial charge in [-0.2, -0.15) is 0 Å². The highest BCUT2D eigenvalue weighted by Crippen LogP contribution is 2.47. The lowest BCUT2D eigenvalue weighted by Gasteiger charge is -2.26. The van der Waals surface area contributed by atoms with Crippen LogP contribution in [0.25, 0.3) is 5.76 Å². The third kappa shape index (κ3) is 5.89. The number of ether oxygens (including phenoxy) is 3. The molecule has 1 saturated heterocycles.